The van der Waals surface area contributed by atoms with E-state index in [1.165, 1.54) is 6.07 Å². The number of aromatic nitrogens is 1. The Bertz CT molecular complexity index is 333. The highest BCUT2D eigenvalue weighted by Crippen LogP contribution is 2.19. The van der Waals surface area contributed by atoms with E-state index >= 15 is 0 Å². The maximum atomic E-state index is 13.7. The molecule has 0 fully saturated rings. The van der Waals surface area contributed by atoms with Crippen molar-refractivity contribution in [2.45, 2.75) is 13.3 Å². The van der Waals surface area contributed by atoms with Crippen molar-refractivity contribution in [2.24, 2.45) is 0 Å². The topological polar surface area (TPSA) is 28.2 Å². The highest BCUT2D eigenvalue weighted by atomic mass is 79.9. The van der Waals surface area contributed by atoms with Crippen molar-refractivity contribution in [2.75, 3.05) is 31.6 Å². The van der Waals surface area contributed by atoms with E-state index in [-0.39, 0.29) is 5.82 Å². The first kappa shape index (κ1) is 13.4. The maximum Gasteiger partial charge on any atom is 0.166 e. The van der Waals surface area contributed by atoms with Gasteiger partial charge in [0.05, 0.1) is 0 Å². The summed E-state index contributed by atoms with van der Waals surface area (Å²) in [6.07, 6.45) is 2.60. The average Bonchev–Trinajstić information content (AvgIpc) is 2.25. The summed E-state index contributed by atoms with van der Waals surface area (Å²) in [6, 6.07) is 1.45. The molecule has 5 heteroatoms. The number of anilines is 1. The summed E-state index contributed by atoms with van der Waals surface area (Å²) >= 11 is 3.20. The Labute approximate surface area is 104 Å². The highest BCUT2D eigenvalue weighted by molar-refractivity contribution is 9.10. The number of pyridine rings is 1. The number of likely N-dealkylation sites (N-methyl/N-ethyl adjacent to an activating group) is 1. The Kier molecular flexibility index (Phi) is 5.69. The van der Waals surface area contributed by atoms with Crippen molar-refractivity contribution in [1.29, 1.82) is 0 Å². The molecule has 0 aromatic carbocycles. The predicted molar refractivity (Wildman–Crippen MR) is 68.3 cm³/mol. The van der Waals surface area contributed by atoms with Crippen LogP contribution in [0.1, 0.15) is 13.3 Å². The van der Waals surface area contributed by atoms with Gasteiger partial charge in [-0.2, -0.15) is 0 Å². The molecular weight excluding hydrogens is 273 g/mol. The van der Waals surface area contributed by atoms with Gasteiger partial charge in [0.2, 0.25) is 0 Å². The first-order valence-electron chi connectivity index (χ1n) is 5.39. The van der Waals surface area contributed by atoms with Gasteiger partial charge in [0, 0.05) is 30.3 Å². The minimum Gasteiger partial charge on any atom is -0.353 e. The fourth-order valence-corrected chi connectivity index (χ4v) is 1.78. The SMILES string of the molecule is CCCN(CCNC)c1ncc(Br)cc1F. The fraction of sp³-hybridized carbons (Fsp3) is 0.545. The standard InChI is InChI=1S/C11H17BrFN3/c1-3-5-16(6-4-14-2)11-10(13)7-9(12)8-15-11/h7-8,14H,3-6H2,1-2H3. The molecule has 0 saturated carbocycles. The van der Waals surface area contributed by atoms with Gasteiger partial charge in [-0.25, -0.2) is 9.37 Å². The van der Waals surface area contributed by atoms with Crippen LogP contribution in [0.25, 0.3) is 0 Å². The zero-order chi connectivity index (χ0) is 12.0. The molecule has 0 aliphatic carbocycles. The summed E-state index contributed by atoms with van der Waals surface area (Å²) < 4.78 is 14.4. The van der Waals surface area contributed by atoms with Crippen LogP contribution in [0.5, 0.6) is 0 Å². The highest BCUT2D eigenvalue weighted by Gasteiger charge is 2.12. The monoisotopic (exact) mass is 289 g/mol. The first-order valence-corrected chi connectivity index (χ1v) is 6.19. The van der Waals surface area contributed by atoms with E-state index in [0.717, 1.165) is 26.1 Å². The minimum absolute atomic E-state index is 0.279. The van der Waals surface area contributed by atoms with E-state index in [1.807, 2.05) is 11.9 Å². The van der Waals surface area contributed by atoms with Crippen LogP contribution in [0.2, 0.25) is 0 Å². The van der Waals surface area contributed by atoms with Crippen molar-refractivity contribution < 1.29 is 4.39 Å². The van der Waals surface area contributed by atoms with Gasteiger partial charge in [-0.05, 0) is 35.5 Å². The van der Waals surface area contributed by atoms with E-state index in [9.17, 15) is 4.39 Å². The number of halogens is 2. The van der Waals surface area contributed by atoms with Gasteiger partial charge in [-0.15, -0.1) is 0 Å². The lowest BCUT2D eigenvalue weighted by Gasteiger charge is -2.23. The van der Waals surface area contributed by atoms with E-state index < -0.39 is 0 Å². The van der Waals surface area contributed by atoms with Gasteiger partial charge in [-0.3, -0.25) is 0 Å². The van der Waals surface area contributed by atoms with Crippen LogP contribution in [0, 0.1) is 5.82 Å². The summed E-state index contributed by atoms with van der Waals surface area (Å²) in [7, 11) is 1.88. The Morgan fingerprint density at radius 2 is 2.25 bits per heavy atom. The van der Waals surface area contributed by atoms with Crippen LogP contribution in [-0.2, 0) is 0 Å². The molecule has 0 amide bonds. The van der Waals surface area contributed by atoms with Crippen LogP contribution in [0.3, 0.4) is 0 Å². The largest absolute Gasteiger partial charge is 0.353 e. The fourth-order valence-electron chi connectivity index (χ4n) is 1.48. The molecule has 16 heavy (non-hydrogen) atoms. The number of hydrogen-bond donors (Lipinski definition) is 1. The third-order valence-corrected chi connectivity index (χ3v) is 2.65. The normalized spacial score (nSPS) is 10.5. The Balaban J connectivity index is 2.82. The molecular formula is C11H17BrFN3. The molecule has 0 aliphatic rings. The molecule has 90 valence electrons. The van der Waals surface area contributed by atoms with Crippen LogP contribution < -0.4 is 10.2 Å². The summed E-state index contributed by atoms with van der Waals surface area (Å²) in [4.78, 5) is 6.08. The van der Waals surface area contributed by atoms with Crippen molar-refractivity contribution >= 4 is 21.7 Å². The molecule has 0 atom stereocenters. The van der Waals surface area contributed by atoms with Crippen LogP contribution in [0.15, 0.2) is 16.7 Å². The number of nitrogens with one attached hydrogen (secondary N) is 1. The zero-order valence-corrected chi connectivity index (χ0v) is 11.2. The first-order chi connectivity index (χ1) is 7.69. The molecule has 0 radical (unpaired) electrons. The van der Waals surface area contributed by atoms with Crippen molar-refractivity contribution in [3.8, 4) is 0 Å². The van der Waals surface area contributed by atoms with E-state index in [0.29, 0.717) is 10.3 Å². The van der Waals surface area contributed by atoms with Crippen LogP contribution >= 0.6 is 15.9 Å². The van der Waals surface area contributed by atoms with Crippen LogP contribution in [0.4, 0.5) is 10.2 Å². The van der Waals surface area contributed by atoms with Gasteiger partial charge in [-0.1, -0.05) is 6.92 Å². The summed E-state index contributed by atoms with van der Waals surface area (Å²) in [5, 5.41) is 3.06. The van der Waals surface area contributed by atoms with E-state index in [1.54, 1.807) is 6.20 Å². The van der Waals surface area contributed by atoms with Crippen LogP contribution in [-0.4, -0.2) is 31.7 Å². The quantitative estimate of drug-likeness (QED) is 0.872. The molecule has 0 bridgehead atoms. The molecule has 3 nitrogen and oxygen atoms in total. The zero-order valence-electron chi connectivity index (χ0n) is 9.63. The molecule has 1 aromatic heterocycles. The minimum atomic E-state index is -0.279. The number of rotatable bonds is 6. The Hall–Kier alpha value is -0.680. The molecule has 0 unspecified atom stereocenters. The maximum absolute atomic E-state index is 13.7. The second-order valence-corrected chi connectivity index (χ2v) is 4.47. The van der Waals surface area contributed by atoms with Gasteiger partial charge >= 0.3 is 0 Å². The molecule has 1 N–H and O–H groups in total. The molecule has 1 heterocycles. The summed E-state index contributed by atoms with van der Waals surface area (Å²) in [5.41, 5.74) is 0. The van der Waals surface area contributed by atoms with Crippen molar-refractivity contribution in [3.63, 3.8) is 0 Å². The van der Waals surface area contributed by atoms with Gasteiger partial charge in [0.15, 0.2) is 11.6 Å². The van der Waals surface area contributed by atoms with E-state index in [4.69, 9.17) is 0 Å². The van der Waals surface area contributed by atoms with Crippen molar-refractivity contribution in [1.82, 2.24) is 10.3 Å². The number of hydrogen-bond acceptors (Lipinski definition) is 3. The summed E-state index contributed by atoms with van der Waals surface area (Å²) in [6.45, 7) is 4.46. The van der Waals surface area contributed by atoms with Gasteiger partial charge < -0.3 is 10.2 Å². The lowest BCUT2D eigenvalue weighted by molar-refractivity contribution is 0.601. The third kappa shape index (κ3) is 3.72. The lowest BCUT2D eigenvalue weighted by Crippen LogP contribution is -2.32. The molecule has 1 rings (SSSR count). The summed E-state index contributed by atoms with van der Waals surface area (Å²) in [5.74, 6) is 0.152. The van der Waals surface area contributed by atoms with Gasteiger partial charge in [0.1, 0.15) is 0 Å². The number of nitrogens with zero attached hydrogens (tertiary/aromatic N) is 2. The molecule has 1 aromatic rings. The second kappa shape index (κ2) is 6.81. The van der Waals surface area contributed by atoms with Gasteiger partial charge in [0.25, 0.3) is 0 Å². The Morgan fingerprint density at radius 3 is 2.81 bits per heavy atom. The molecule has 0 saturated heterocycles. The predicted octanol–water partition coefficient (Wildman–Crippen LogP) is 2.42. The smallest absolute Gasteiger partial charge is 0.166 e. The Morgan fingerprint density at radius 1 is 1.50 bits per heavy atom. The molecule has 0 spiro atoms. The average molecular weight is 290 g/mol. The second-order valence-electron chi connectivity index (χ2n) is 3.55. The van der Waals surface area contributed by atoms with Crippen molar-refractivity contribution in [3.05, 3.63) is 22.6 Å². The molecule has 0 aliphatic heterocycles. The third-order valence-electron chi connectivity index (χ3n) is 2.21. The van der Waals surface area contributed by atoms with E-state index in [2.05, 4.69) is 33.2 Å². The lowest BCUT2D eigenvalue weighted by atomic mass is 10.3.